The Labute approximate surface area is 176 Å². The monoisotopic (exact) mass is 410 g/mol. The van der Waals surface area contributed by atoms with E-state index in [1.165, 1.54) is 0 Å². The number of ether oxygens (including phenoxy) is 3. The lowest BCUT2D eigenvalue weighted by molar-refractivity contribution is -0.148. The normalized spacial score (nSPS) is 18.3. The minimum atomic E-state index is -0.740. The van der Waals surface area contributed by atoms with Crippen LogP contribution in [0.2, 0.25) is 0 Å². The molecule has 0 aromatic heterocycles. The van der Waals surface area contributed by atoms with E-state index >= 15 is 0 Å². The van der Waals surface area contributed by atoms with Crippen molar-refractivity contribution < 1.29 is 23.8 Å². The number of hydrogen-bond donors (Lipinski definition) is 1. The SMILES string of the molecule is CCOc1ccc(C2NC(=O)N=C(C)C2C(=O)OCc2ccc(C)cc2)cc1OC. The number of carbonyl (C=O) groups is 2. The van der Waals surface area contributed by atoms with E-state index in [0.29, 0.717) is 29.4 Å². The molecule has 30 heavy (non-hydrogen) atoms. The van der Waals surface area contributed by atoms with E-state index in [-0.39, 0.29) is 6.61 Å². The first kappa shape index (κ1) is 21.4. The first-order valence-electron chi connectivity index (χ1n) is 9.81. The van der Waals surface area contributed by atoms with E-state index in [2.05, 4.69) is 10.3 Å². The molecule has 1 aliphatic rings. The molecule has 0 saturated heterocycles. The van der Waals surface area contributed by atoms with Crippen molar-refractivity contribution in [1.82, 2.24) is 5.32 Å². The molecule has 0 radical (unpaired) electrons. The Hall–Kier alpha value is -3.35. The molecule has 0 spiro atoms. The molecular weight excluding hydrogens is 384 g/mol. The molecule has 7 nitrogen and oxygen atoms in total. The van der Waals surface area contributed by atoms with Crippen LogP contribution in [0.5, 0.6) is 11.5 Å². The predicted octanol–water partition coefficient (Wildman–Crippen LogP) is 3.99. The van der Waals surface area contributed by atoms with Crippen LogP contribution in [-0.2, 0) is 16.1 Å². The second kappa shape index (κ2) is 9.43. The predicted molar refractivity (Wildman–Crippen MR) is 113 cm³/mol. The van der Waals surface area contributed by atoms with Crippen LogP contribution in [0.25, 0.3) is 0 Å². The van der Waals surface area contributed by atoms with Gasteiger partial charge in [0, 0.05) is 5.71 Å². The molecule has 2 aromatic carbocycles. The average molecular weight is 410 g/mol. The van der Waals surface area contributed by atoms with Gasteiger partial charge in [0.1, 0.15) is 12.5 Å². The number of methoxy groups -OCH3 is 1. The maximum absolute atomic E-state index is 13.0. The van der Waals surface area contributed by atoms with Crippen molar-refractivity contribution in [3.63, 3.8) is 0 Å². The Kier molecular flexibility index (Phi) is 6.72. The summed E-state index contributed by atoms with van der Waals surface area (Å²) in [6, 6.07) is 12.0. The van der Waals surface area contributed by atoms with Crippen molar-refractivity contribution in [1.29, 1.82) is 0 Å². The summed E-state index contributed by atoms with van der Waals surface area (Å²) >= 11 is 0. The fourth-order valence-corrected chi connectivity index (χ4v) is 3.38. The van der Waals surface area contributed by atoms with Crippen LogP contribution in [0.1, 0.15) is 36.6 Å². The van der Waals surface area contributed by atoms with Gasteiger partial charge in [0.25, 0.3) is 0 Å². The number of nitrogens with one attached hydrogen (secondary N) is 1. The highest BCUT2D eigenvalue weighted by atomic mass is 16.5. The number of carbonyl (C=O) groups excluding carboxylic acids is 2. The van der Waals surface area contributed by atoms with Crippen molar-refractivity contribution in [2.75, 3.05) is 13.7 Å². The Morgan fingerprint density at radius 2 is 1.83 bits per heavy atom. The summed E-state index contributed by atoms with van der Waals surface area (Å²) in [5.41, 5.74) is 3.14. The van der Waals surface area contributed by atoms with Gasteiger partial charge in [-0.15, -0.1) is 0 Å². The highest BCUT2D eigenvalue weighted by Crippen LogP contribution is 2.34. The van der Waals surface area contributed by atoms with Crippen LogP contribution in [0.4, 0.5) is 4.79 Å². The number of amides is 2. The van der Waals surface area contributed by atoms with Gasteiger partial charge in [-0.25, -0.2) is 9.79 Å². The molecule has 0 fully saturated rings. The average Bonchev–Trinajstić information content (AvgIpc) is 2.73. The summed E-state index contributed by atoms with van der Waals surface area (Å²) in [6.07, 6.45) is 0. The number of rotatable bonds is 7. The highest BCUT2D eigenvalue weighted by molar-refractivity contribution is 6.08. The topological polar surface area (TPSA) is 86.2 Å². The third-order valence-electron chi connectivity index (χ3n) is 4.94. The molecule has 1 aliphatic heterocycles. The maximum atomic E-state index is 13.0. The quantitative estimate of drug-likeness (QED) is 0.698. The number of urea groups is 1. The molecule has 2 atom stereocenters. The highest BCUT2D eigenvalue weighted by Gasteiger charge is 2.38. The minimum Gasteiger partial charge on any atom is -0.493 e. The summed E-state index contributed by atoms with van der Waals surface area (Å²) in [4.78, 5) is 28.9. The van der Waals surface area contributed by atoms with Gasteiger partial charge in [-0.05, 0) is 44.0 Å². The summed E-state index contributed by atoms with van der Waals surface area (Å²) in [7, 11) is 1.54. The zero-order valence-corrected chi connectivity index (χ0v) is 17.6. The van der Waals surface area contributed by atoms with E-state index in [4.69, 9.17) is 14.2 Å². The summed E-state index contributed by atoms with van der Waals surface area (Å²) in [6.45, 7) is 6.19. The molecule has 0 bridgehead atoms. The molecule has 3 rings (SSSR count). The number of benzene rings is 2. The number of aryl methyl sites for hydroxylation is 1. The summed E-state index contributed by atoms with van der Waals surface area (Å²) in [5, 5.41) is 2.78. The van der Waals surface area contributed by atoms with Crippen LogP contribution in [0, 0.1) is 12.8 Å². The Morgan fingerprint density at radius 1 is 1.10 bits per heavy atom. The fourth-order valence-electron chi connectivity index (χ4n) is 3.38. The van der Waals surface area contributed by atoms with Gasteiger partial charge in [0.15, 0.2) is 11.5 Å². The smallest absolute Gasteiger partial charge is 0.341 e. The number of esters is 1. The van der Waals surface area contributed by atoms with Gasteiger partial charge in [0.05, 0.1) is 19.8 Å². The Bertz CT molecular complexity index is 953. The first-order chi connectivity index (χ1) is 14.4. The van der Waals surface area contributed by atoms with Gasteiger partial charge in [0.2, 0.25) is 0 Å². The lowest BCUT2D eigenvalue weighted by Gasteiger charge is -2.30. The minimum absolute atomic E-state index is 0.149. The Morgan fingerprint density at radius 3 is 2.50 bits per heavy atom. The van der Waals surface area contributed by atoms with E-state index in [9.17, 15) is 9.59 Å². The van der Waals surface area contributed by atoms with Gasteiger partial charge in [-0.1, -0.05) is 35.9 Å². The second-order valence-corrected chi connectivity index (χ2v) is 7.09. The summed E-state index contributed by atoms with van der Waals surface area (Å²) < 4.78 is 16.5. The summed E-state index contributed by atoms with van der Waals surface area (Å²) in [5.74, 6) is -0.0733. The van der Waals surface area contributed by atoms with E-state index in [1.54, 1.807) is 32.2 Å². The number of aliphatic imine (C=N–C) groups is 1. The molecule has 0 saturated carbocycles. The first-order valence-corrected chi connectivity index (χ1v) is 9.81. The fraction of sp³-hybridized carbons (Fsp3) is 0.348. The molecule has 2 unspecified atom stereocenters. The van der Waals surface area contributed by atoms with E-state index in [1.807, 2.05) is 38.1 Å². The van der Waals surface area contributed by atoms with Gasteiger partial charge in [-0.3, -0.25) is 4.79 Å². The standard InChI is InChI=1S/C23H26N2O5/c1-5-29-18-11-10-17(12-19(18)28-4)21-20(15(3)24-23(27)25-21)22(26)30-13-16-8-6-14(2)7-9-16/h6-12,20-21H,5,13H2,1-4H3,(H,25,27). The van der Waals surface area contributed by atoms with Crippen molar-refractivity contribution in [2.24, 2.45) is 10.9 Å². The molecule has 2 amide bonds. The van der Waals surface area contributed by atoms with Crippen LogP contribution in [0.3, 0.4) is 0 Å². The second-order valence-electron chi connectivity index (χ2n) is 7.09. The largest absolute Gasteiger partial charge is 0.493 e. The number of nitrogens with zero attached hydrogens (tertiary/aromatic N) is 1. The van der Waals surface area contributed by atoms with E-state index < -0.39 is 24.0 Å². The van der Waals surface area contributed by atoms with Crippen LogP contribution in [-0.4, -0.2) is 31.4 Å². The maximum Gasteiger partial charge on any atom is 0.341 e. The van der Waals surface area contributed by atoms with Crippen molar-refractivity contribution in [3.8, 4) is 11.5 Å². The van der Waals surface area contributed by atoms with Gasteiger partial charge in [-0.2, -0.15) is 0 Å². The molecule has 1 N–H and O–H groups in total. The van der Waals surface area contributed by atoms with Crippen LogP contribution >= 0.6 is 0 Å². The molecule has 0 aliphatic carbocycles. The zero-order valence-electron chi connectivity index (χ0n) is 17.6. The van der Waals surface area contributed by atoms with Crippen molar-refractivity contribution in [3.05, 3.63) is 59.2 Å². The Balaban J connectivity index is 1.84. The zero-order chi connectivity index (χ0) is 21.7. The van der Waals surface area contributed by atoms with E-state index in [0.717, 1.165) is 11.1 Å². The lowest BCUT2D eigenvalue weighted by Crippen LogP contribution is -2.44. The molecule has 7 heteroatoms. The number of hydrogen-bond acceptors (Lipinski definition) is 5. The lowest BCUT2D eigenvalue weighted by atomic mass is 9.88. The van der Waals surface area contributed by atoms with Crippen LogP contribution in [0.15, 0.2) is 47.5 Å². The third-order valence-corrected chi connectivity index (χ3v) is 4.94. The van der Waals surface area contributed by atoms with Crippen molar-refractivity contribution >= 4 is 17.7 Å². The third kappa shape index (κ3) is 4.79. The van der Waals surface area contributed by atoms with Gasteiger partial charge >= 0.3 is 12.0 Å². The molecular formula is C23H26N2O5. The molecule has 158 valence electrons. The van der Waals surface area contributed by atoms with Gasteiger partial charge < -0.3 is 19.5 Å². The molecule has 1 heterocycles. The molecule has 2 aromatic rings. The van der Waals surface area contributed by atoms with Crippen molar-refractivity contribution in [2.45, 2.75) is 33.4 Å². The van der Waals surface area contributed by atoms with Crippen LogP contribution < -0.4 is 14.8 Å².